The molecule has 0 unspecified atom stereocenters. The Bertz CT molecular complexity index is 940. The molecule has 0 aromatic heterocycles. The summed E-state index contributed by atoms with van der Waals surface area (Å²) in [6.07, 6.45) is 0. The number of hydrogen-bond donors (Lipinski definition) is 0. The Kier molecular flexibility index (Phi) is 4.40. The van der Waals surface area contributed by atoms with E-state index >= 15 is 0 Å². The number of methoxy groups -OCH3 is 1. The molecule has 0 fully saturated rings. The van der Waals surface area contributed by atoms with E-state index in [2.05, 4.69) is 17.0 Å². The second-order valence-corrected chi connectivity index (χ2v) is 7.24. The Morgan fingerprint density at radius 3 is 2.59 bits per heavy atom. The second kappa shape index (κ2) is 6.74. The van der Waals surface area contributed by atoms with Crippen molar-refractivity contribution < 1.29 is 19.0 Å². The highest BCUT2D eigenvalue weighted by atomic mass is 16.5. The lowest BCUT2D eigenvalue weighted by Gasteiger charge is -2.30. The third-order valence-corrected chi connectivity index (χ3v) is 5.00. The molecule has 0 aliphatic carbocycles. The van der Waals surface area contributed by atoms with Crippen LogP contribution >= 0.6 is 0 Å². The van der Waals surface area contributed by atoms with Crippen LogP contribution in [0.4, 0.5) is 0 Å². The van der Waals surface area contributed by atoms with Crippen molar-refractivity contribution in [1.82, 2.24) is 4.90 Å². The normalized spacial score (nSPS) is 15.7. The van der Waals surface area contributed by atoms with E-state index in [0.29, 0.717) is 23.8 Å². The minimum absolute atomic E-state index is 0.0387. The smallest absolute Gasteiger partial charge is 0.231 e. The number of nitrogens with zero attached hydrogens (tertiary/aromatic N) is 1. The summed E-state index contributed by atoms with van der Waals surface area (Å²) in [6.45, 7) is 7.74. The van der Waals surface area contributed by atoms with E-state index < -0.39 is 0 Å². The molecule has 2 aromatic carbocycles. The molecule has 140 valence electrons. The van der Waals surface area contributed by atoms with Crippen LogP contribution in [-0.4, -0.2) is 24.5 Å². The van der Waals surface area contributed by atoms with Crippen molar-refractivity contribution >= 4 is 5.78 Å². The monoisotopic (exact) mass is 365 g/mol. The first kappa shape index (κ1) is 17.6. The van der Waals surface area contributed by atoms with Crippen molar-refractivity contribution in [2.75, 3.05) is 13.8 Å². The summed E-state index contributed by atoms with van der Waals surface area (Å²) in [7, 11) is 1.66. The lowest BCUT2D eigenvalue weighted by atomic mass is 9.99. The van der Waals surface area contributed by atoms with Gasteiger partial charge in [0.2, 0.25) is 5.78 Å². The average Bonchev–Trinajstić information content (AvgIpc) is 3.00. The molecule has 0 spiro atoms. The van der Waals surface area contributed by atoms with Crippen LogP contribution in [0.2, 0.25) is 0 Å². The summed E-state index contributed by atoms with van der Waals surface area (Å²) in [5, 5.41) is 0. The molecule has 0 bridgehead atoms. The van der Waals surface area contributed by atoms with E-state index in [9.17, 15) is 4.79 Å². The molecule has 2 aromatic rings. The van der Waals surface area contributed by atoms with E-state index in [4.69, 9.17) is 14.2 Å². The van der Waals surface area contributed by atoms with E-state index in [1.165, 1.54) is 5.56 Å². The van der Waals surface area contributed by atoms with Gasteiger partial charge in [0.25, 0.3) is 0 Å². The minimum Gasteiger partial charge on any atom is -0.497 e. The first-order chi connectivity index (χ1) is 13.0. The van der Waals surface area contributed by atoms with Gasteiger partial charge in [-0.2, -0.15) is 0 Å². The molecule has 2 heterocycles. The molecule has 5 nitrogen and oxygen atoms in total. The zero-order valence-electron chi connectivity index (χ0n) is 16.1. The van der Waals surface area contributed by atoms with Gasteiger partial charge in [0.15, 0.2) is 5.76 Å². The van der Waals surface area contributed by atoms with Crippen LogP contribution in [0, 0.1) is 6.92 Å². The van der Waals surface area contributed by atoms with Crippen molar-refractivity contribution in [3.63, 3.8) is 0 Å². The average molecular weight is 365 g/mol. The molecule has 2 aliphatic rings. The van der Waals surface area contributed by atoms with E-state index in [-0.39, 0.29) is 5.78 Å². The number of benzene rings is 2. The lowest BCUT2D eigenvalue weighted by Crippen LogP contribution is -2.32. The number of carbonyl (C=O) groups excluding carboxylic acids is 1. The maximum absolute atomic E-state index is 12.7. The number of ketones is 1. The highest BCUT2D eigenvalue weighted by Gasteiger charge is 2.34. The maximum atomic E-state index is 12.7. The number of Topliss-reactive ketones (excluding diaryl/α,β-unsaturated/α-hetero) is 1. The van der Waals surface area contributed by atoms with Crippen molar-refractivity contribution in [2.45, 2.75) is 33.9 Å². The van der Waals surface area contributed by atoms with Gasteiger partial charge in [-0.15, -0.1) is 0 Å². The van der Waals surface area contributed by atoms with E-state index in [1.54, 1.807) is 7.11 Å². The standard InChI is InChI=1S/C22H23NO4/c1-13(2)20-19(24)18-9-16-11-23(10-15-5-7-17(25-4)8-6-15)12-26-21(16)14(3)22(18)27-20/h5-9H,10-12H2,1-4H3. The summed E-state index contributed by atoms with van der Waals surface area (Å²) < 4.78 is 17.1. The molecule has 0 radical (unpaired) electrons. The number of allylic oxidation sites excluding steroid dienone is 2. The van der Waals surface area contributed by atoms with Gasteiger partial charge in [0.05, 0.1) is 12.7 Å². The van der Waals surface area contributed by atoms with Crippen molar-refractivity contribution in [3.8, 4) is 17.2 Å². The summed E-state index contributed by atoms with van der Waals surface area (Å²) in [5.74, 6) is 2.72. The fraction of sp³-hybridized carbons (Fsp3) is 0.318. The largest absolute Gasteiger partial charge is 0.497 e. The number of ether oxygens (including phenoxy) is 3. The SMILES string of the molecule is COc1ccc(CN2COc3c(cc4c(c3C)OC(=C(C)C)C4=O)C2)cc1. The van der Waals surface area contributed by atoms with Crippen LogP contribution < -0.4 is 14.2 Å². The second-order valence-electron chi connectivity index (χ2n) is 7.24. The van der Waals surface area contributed by atoms with E-state index in [1.807, 2.05) is 39.0 Å². The predicted molar refractivity (Wildman–Crippen MR) is 102 cm³/mol. The maximum Gasteiger partial charge on any atom is 0.231 e. The fourth-order valence-corrected chi connectivity index (χ4v) is 3.60. The molecular formula is C22H23NO4. The van der Waals surface area contributed by atoms with Crippen LogP contribution in [0.3, 0.4) is 0 Å². The zero-order valence-corrected chi connectivity index (χ0v) is 16.1. The van der Waals surface area contributed by atoms with Crippen LogP contribution in [0.5, 0.6) is 17.2 Å². The molecule has 0 saturated heterocycles. The highest BCUT2D eigenvalue weighted by Crippen LogP contribution is 2.43. The molecule has 0 atom stereocenters. The van der Waals surface area contributed by atoms with Gasteiger partial charge in [-0.1, -0.05) is 12.1 Å². The zero-order chi connectivity index (χ0) is 19.1. The Labute approximate surface area is 159 Å². The van der Waals surface area contributed by atoms with Crippen LogP contribution in [0.25, 0.3) is 0 Å². The van der Waals surface area contributed by atoms with E-state index in [0.717, 1.165) is 41.3 Å². The number of carbonyl (C=O) groups is 1. The summed E-state index contributed by atoms with van der Waals surface area (Å²) in [6, 6.07) is 9.96. The van der Waals surface area contributed by atoms with Gasteiger partial charge in [-0.05, 0) is 50.1 Å². The van der Waals surface area contributed by atoms with Gasteiger partial charge in [-0.3, -0.25) is 9.69 Å². The Morgan fingerprint density at radius 1 is 1.19 bits per heavy atom. The molecule has 27 heavy (non-hydrogen) atoms. The molecular weight excluding hydrogens is 342 g/mol. The Hall–Kier alpha value is -2.79. The fourth-order valence-electron chi connectivity index (χ4n) is 3.60. The summed E-state index contributed by atoms with van der Waals surface area (Å²) in [5.41, 5.74) is 4.63. The third-order valence-electron chi connectivity index (χ3n) is 5.00. The third kappa shape index (κ3) is 3.08. The summed E-state index contributed by atoms with van der Waals surface area (Å²) in [4.78, 5) is 14.9. The van der Waals surface area contributed by atoms with Crippen LogP contribution in [0.1, 0.15) is 40.9 Å². The highest BCUT2D eigenvalue weighted by molar-refractivity contribution is 6.13. The Balaban J connectivity index is 1.59. The number of hydrogen-bond acceptors (Lipinski definition) is 5. The molecule has 0 amide bonds. The predicted octanol–water partition coefficient (Wildman–Crippen LogP) is 4.22. The topological polar surface area (TPSA) is 48.0 Å². The molecule has 2 aliphatic heterocycles. The van der Waals surface area contributed by atoms with Gasteiger partial charge in [0.1, 0.15) is 24.0 Å². The lowest BCUT2D eigenvalue weighted by molar-refractivity contribution is 0.0876. The van der Waals surface area contributed by atoms with Crippen molar-refractivity contribution in [1.29, 1.82) is 0 Å². The van der Waals surface area contributed by atoms with Crippen molar-refractivity contribution in [2.24, 2.45) is 0 Å². The number of rotatable bonds is 3. The van der Waals surface area contributed by atoms with Gasteiger partial charge < -0.3 is 14.2 Å². The summed E-state index contributed by atoms with van der Waals surface area (Å²) >= 11 is 0. The molecule has 4 rings (SSSR count). The van der Waals surface area contributed by atoms with Crippen LogP contribution in [-0.2, 0) is 13.1 Å². The van der Waals surface area contributed by atoms with Crippen LogP contribution in [0.15, 0.2) is 41.7 Å². The Morgan fingerprint density at radius 2 is 1.93 bits per heavy atom. The number of fused-ring (bicyclic) bond motifs is 2. The van der Waals surface area contributed by atoms with Crippen molar-refractivity contribution in [3.05, 3.63) is 63.9 Å². The quantitative estimate of drug-likeness (QED) is 0.762. The first-order valence-corrected chi connectivity index (χ1v) is 9.02. The molecule has 0 saturated carbocycles. The van der Waals surface area contributed by atoms with Gasteiger partial charge in [0, 0.05) is 24.2 Å². The van der Waals surface area contributed by atoms with Gasteiger partial charge in [-0.25, -0.2) is 0 Å². The van der Waals surface area contributed by atoms with Gasteiger partial charge >= 0.3 is 0 Å². The molecule has 0 N–H and O–H groups in total. The minimum atomic E-state index is -0.0387. The first-order valence-electron chi connectivity index (χ1n) is 9.02. The molecule has 5 heteroatoms.